The van der Waals surface area contributed by atoms with Crippen LogP contribution in [0.2, 0.25) is 0 Å². The molecule has 92 valence electrons. The Bertz CT molecular complexity index is 265. The Morgan fingerprint density at radius 1 is 1.31 bits per heavy atom. The topological polar surface area (TPSA) is 52.3 Å². The molecule has 0 saturated heterocycles. The van der Waals surface area contributed by atoms with Gasteiger partial charge in [-0.25, -0.2) is 0 Å². The standard InChI is InChI=1S/C10H15NO2.C3H8/c1-4-9(13-5-2)7-6-8(3)10(11)12;1-3-2/h4,6-7H,3,5H2,1-2H3,(H2,11,12);3H2,1-2H3/b7-6-,9-4+;. The Morgan fingerprint density at radius 3 is 2.12 bits per heavy atom. The molecule has 0 unspecified atom stereocenters. The summed E-state index contributed by atoms with van der Waals surface area (Å²) in [6.07, 6.45) is 6.25. The number of ether oxygens (including phenoxy) is 1. The fraction of sp³-hybridized carbons (Fsp3) is 0.462. The zero-order valence-electron chi connectivity index (χ0n) is 10.7. The molecule has 0 spiro atoms. The molecule has 16 heavy (non-hydrogen) atoms. The van der Waals surface area contributed by atoms with Gasteiger partial charge in [0.2, 0.25) is 5.91 Å². The van der Waals surface area contributed by atoms with Crippen LogP contribution in [-0.2, 0) is 9.53 Å². The first-order valence-corrected chi connectivity index (χ1v) is 5.49. The van der Waals surface area contributed by atoms with Crippen LogP contribution in [-0.4, -0.2) is 12.5 Å². The summed E-state index contributed by atoms with van der Waals surface area (Å²) in [5.74, 6) is 0.174. The maximum Gasteiger partial charge on any atom is 0.248 e. The van der Waals surface area contributed by atoms with Crippen LogP contribution in [0, 0.1) is 0 Å². The van der Waals surface area contributed by atoms with Gasteiger partial charge in [-0.2, -0.15) is 0 Å². The third-order valence-corrected chi connectivity index (χ3v) is 1.36. The number of nitrogens with two attached hydrogens (primary N) is 1. The van der Waals surface area contributed by atoms with Crippen LogP contribution in [0.3, 0.4) is 0 Å². The molecule has 0 heterocycles. The zero-order valence-corrected chi connectivity index (χ0v) is 10.7. The summed E-state index contributed by atoms with van der Waals surface area (Å²) < 4.78 is 5.20. The first kappa shape index (κ1) is 16.9. The maximum atomic E-state index is 10.6. The van der Waals surface area contributed by atoms with Crippen molar-refractivity contribution in [3.8, 4) is 0 Å². The fourth-order valence-corrected chi connectivity index (χ4v) is 0.659. The average Bonchev–Trinajstić information content (AvgIpc) is 2.24. The van der Waals surface area contributed by atoms with Crippen LogP contribution < -0.4 is 5.73 Å². The molecule has 0 aliphatic rings. The van der Waals surface area contributed by atoms with Crippen molar-refractivity contribution < 1.29 is 9.53 Å². The molecule has 0 aromatic carbocycles. The molecule has 0 saturated carbocycles. The largest absolute Gasteiger partial charge is 0.494 e. The Labute approximate surface area is 98.7 Å². The number of allylic oxidation sites excluding steroid dienone is 2. The minimum Gasteiger partial charge on any atom is -0.494 e. The van der Waals surface area contributed by atoms with Crippen LogP contribution in [0.25, 0.3) is 0 Å². The molecule has 0 atom stereocenters. The third kappa shape index (κ3) is 10.6. The van der Waals surface area contributed by atoms with Gasteiger partial charge in [-0.15, -0.1) is 0 Å². The smallest absolute Gasteiger partial charge is 0.248 e. The van der Waals surface area contributed by atoms with Gasteiger partial charge in [0.25, 0.3) is 0 Å². The molecule has 0 aromatic heterocycles. The molecule has 0 aliphatic heterocycles. The lowest BCUT2D eigenvalue weighted by Crippen LogP contribution is -2.11. The van der Waals surface area contributed by atoms with E-state index in [4.69, 9.17) is 10.5 Å². The second kappa shape index (κ2) is 11.6. The molecule has 0 aliphatic carbocycles. The normalized spacial score (nSPS) is 10.6. The zero-order chi connectivity index (χ0) is 13.0. The van der Waals surface area contributed by atoms with Gasteiger partial charge in [0, 0.05) is 5.57 Å². The summed E-state index contributed by atoms with van der Waals surface area (Å²) in [6.45, 7) is 12.1. The summed E-state index contributed by atoms with van der Waals surface area (Å²) >= 11 is 0. The Kier molecular flexibility index (Phi) is 12.2. The van der Waals surface area contributed by atoms with Gasteiger partial charge in [-0.1, -0.05) is 26.8 Å². The molecular weight excluding hydrogens is 202 g/mol. The molecule has 3 heteroatoms. The molecule has 2 N–H and O–H groups in total. The lowest BCUT2D eigenvalue weighted by molar-refractivity contribution is -0.114. The second-order valence-corrected chi connectivity index (χ2v) is 3.05. The summed E-state index contributed by atoms with van der Waals surface area (Å²) in [6, 6.07) is 0. The molecule has 0 rings (SSSR count). The van der Waals surface area contributed by atoms with Gasteiger partial charge in [0.15, 0.2) is 0 Å². The van der Waals surface area contributed by atoms with Crippen molar-refractivity contribution >= 4 is 5.91 Å². The van der Waals surface area contributed by atoms with Crippen LogP contribution in [0.5, 0.6) is 0 Å². The van der Waals surface area contributed by atoms with E-state index in [-0.39, 0.29) is 5.57 Å². The van der Waals surface area contributed by atoms with Crippen molar-refractivity contribution in [1.82, 2.24) is 0 Å². The van der Waals surface area contributed by atoms with Crippen molar-refractivity contribution in [2.45, 2.75) is 34.1 Å². The number of carbonyl (C=O) groups is 1. The van der Waals surface area contributed by atoms with E-state index in [9.17, 15) is 4.79 Å². The van der Waals surface area contributed by atoms with E-state index >= 15 is 0 Å². The summed E-state index contributed by atoms with van der Waals surface area (Å²) in [4.78, 5) is 10.6. The van der Waals surface area contributed by atoms with E-state index in [0.717, 1.165) is 0 Å². The van der Waals surface area contributed by atoms with E-state index in [1.807, 2.05) is 13.8 Å². The first-order valence-electron chi connectivity index (χ1n) is 5.49. The lowest BCUT2D eigenvalue weighted by atomic mass is 10.2. The molecule has 0 fully saturated rings. The highest BCUT2D eigenvalue weighted by atomic mass is 16.5. The number of primary amides is 1. The summed E-state index contributed by atoms with van der Waals surface area (Å²) in [5.41, 5.74) is 5.25. The SMILES string of the molecule is C=C(/C=C\C(=C/C)OCC)C(N)=O.CCC. The third-order valence-electron chi connectivity index (χ3n) is 1.36. The highest BCUT2D eigenvalue weighted by Crippen LogP contribution is 2.01. The van der Waals surface area contributed by atoms with Gasteiger partial charge >= 0.3 is 0 Å². The van der Waals surface area contributed by atoms with Gasteiger partial charge in [-0.3, -0.25) is 4.79 Å². The van der Waals surface area contributed by atoms with Gasteiger partial charge < -0.3 is 10.5 Å². The van der Waals surface area contributed by atoms with Crippen molar-refractivity contribution in [2.24, 2.45) is 5.73 Å². The Balaban J connectivity index is 0. The Morgan fingerprint density at radius 2 is 1.81 bits per heavy atom. The number of rotatable bonds is 5. The average molecular weight is 225 g/mol. The fourth-order valence-electron chi connectivity index (χ4n) is 0.659. The van der Waals surface area contributed by atoms with Gasteiger partial charge in [0.1, 0.15) is 5.76 Å². The van der Waals surface area contributed by atoms with Crippen molar-refractivity contribution in [2.75, 3.05) is 6.61 Å². The van der Waals surface area contributed by atoms with Gasteiger partial charge in [-0.05, 0) is 32.1 Å². The van der Waals surface area contributed by atoms with E-state index in [1.165, 1.54) is 12.5 Å². The Hall–Kier alpha value is -1.51. The summed E-state index contributed by atoms with van der Waals surface area (Å²) in [5, 5.41) is 0. The molecule has 1 amide bonds. The number of amides is 1. The minimum absolute atomic E-state index is 0.263. The highest BCUT2D eigenvalue weighted by molar-refractivity contribution is 5.94. The molecule has 0 bridgehead atoms. The second-order valence-electron chi connectivity index (χ2n) is 3.05. The van der Waals surface area contributed by atoms with Crippen molar-refractivity contribution in [3.63, 3.8) is 0 Å². The summed E-state index contributed by atoms with van der Waals surface area (Å²) in [7, 11) is 0. The van der Waals surface area contributed by atoms with Crippen molar-refractivity contribution in [3.05, 3.63) is 36.1 Å². The molecule has 0 radical (unpaired) electrons. The van der Waals surface area contributed by atoms with Crippen LogP contribution in [0.15, 0.2) is 36.1 Å². The molecule has 0 aromatic rings. The highest BCUT2D eigenvalue weighted by Gasteiger charge is 1.95. The number of hydrogen-bond acceptors (Lipinski definition) is 2. The monoisotopic (exact) mass is 225 g/mol. The molecule has 3 nitrogen and oxygen atoms in total. The molecular formula is C13H23NO2. The quantitative estimate of drug-likeness (QED) is 0.444. The van der Waals surface area contributed by atoms with Crippen LogP contribution >= 0.6 is 0 Å². The van der Waals surface area contributed by atoms with Gasteiger partial charge in [0.05, 0.1) is 6.61 Å². The van der Waals surface area contributed by atoms with E-state index < -0.39 is 5.91 Å². The first-order chi connectivity index (χ1) is 7.53. The predicted molar refractivity (Wildman–Crippen MR) is 68.8 cm³/mol. The number of hydrogen-bond donors (Lipinski definition) is 1. The minimum atomic E-state index is -0.525. The lowest BCUT2D eigenvalue weighted by Gasteiger charge is -2.01. The maximum absolute atomic E-state index is 10.6. The van der Waals surface area contributed by atoms with E-state index in [1.54, 1.807) is 12.2 Å². The van der Waals surface area contributed by atoms with Crippen LogP contribution in [0.1, 0.15) is 34.1 Å². The van der Waals surface area contributed by atoms with E-state index in [2.05, 4.69) is 20.4 Å². The van der Waals surface area contributed by atoms with E-state index in [0.29, 0.717) is 12.4 Å². The number of carbonyl (C=O) groups excluding carboxylic acids is 1. The van der Waals surface area contributed by atoms with Crippen LogP contribution in [0.4, 0.5) is 0 Å². The predicted octanol–water partition coefficient (Wildman–Crippen LogP) is 2.94. The van der Waals surface area contributed by atoms with Crippen molar-refractivity contribution in [1.29, 1.82) is 0 Å².